The highest BCUT2D eigenvalue weighted by atomic mass is 32.2. The van der Waals surface area contributed by atoms with Crippen LogP contribution in [-0.4, -0.2) is 31.1 Å². The van der Waals surface area contributed by atoms with Crippen molar-refractivity contribution < 1.29 is 4.79 Å². The number of nitrogens with zero attached hydrogens (tertiary/aromatic N) is 4. The van der Waals surface area contributed by atoms with Gasteiger partial charge in [0, 0.05) is 40.1 Å². The molecule has 3 aromatic rings. The fourth-order valence-corrected chi connectivity index (χ4v) is 3.87. The van der Waals surface area contributed by atoms with Gasteiger partial charge in [-0.1, -0.05) is 13.8 Å². The molecule has 8 nitrogen and oxygen atoms in total. The van der Waals surface area contributed by atoms with Gasteiger partial charge in [0.15, 0.2) is 11.0 Å². The number of rotatable bonds is 8. The van der Waals surface area contributed by atoms with Crippen molar-refractivity contribution in [3.05, 3.63) is 41.9 Å². The fraction of sp³-hybridized carbons (Fsp3) is 0.409. The number of carbonyl (C=O) groups is 1. The van der Waals surface area contributed by atoms with Gasteiger partial charge in [0.05, 0.1) is 0 Å². The van der Waals surface area contributed by atoms with Crippen LogP contribution in [0.3, 0.4) is 0 Å². The van der Waals surface area contributed by atoms with Gasteiger partial charge < -0.3 is 10.6 Å². The molecule has 0 spiro atoms. The van der Waals surface area contributed by atoms with Crippen LogP contribution >= 0.6 is 11.8 Å². The second kappa shape index (κ2) is 8.30. The number of H-pyrrole nitrogens is 1. The summed E-state index contributed by atoms with van der Waals surface area (Å²) in [5.74, 6) is 3.07. The molecule has 2 aromatic heterocycles. The lowest BCUT2D eigenvalue weighted by Gasteiger charge is -2.09. The molecule has 0 bridgehead atoms. The lowest BCUT2D eigenvalue weighted by molar-refractivity contribution is -0.118. The summed E-state index contributed by atoms with van der Waals surface area (Å²) >= 11 is 1.48. The van der Waals surface area contributed by atoms with E-state index < -0.39 is 0 Å². The van der Waals surface area contributed by atoms with Gasteiger partial charge in [0.25, 0.3) is 0 Å². The van der Waals surface area contributed by atoms with E-state index in [4.69, 9.17) is 0 Å². The van der Waals surface area contributed by atoms with Crippen LogP contribution in [0.4, 0.5) is 17.5 Å². The Bertz CT molecular complexity index is 1090. The van der Waals surface area contributed by atoms with Crippen LogP contribution in [-0.2, 0) is 4.79 Å². The fourth-order valence-electron chi connectivity index (χ4n) is 3.11. The minimum Gasteiger partial charge on any atom is -0.326 e. The molecule has 2 aliphatic rings. The zero-order valence-electron chi connectivity index (χ0n) is 17.6. The average Bonchev–Trinajstić information content (AvgIpc) is 3.68. The van der Waals surface area contributed by atoms with E-state index in [1.165, 1.54) is 30.3 Å². The van der Waals surface area contributed by atoms with Crippen molar-refractivity contribution in [2.24, 2.45) is 5.92 Å². The van der Waals surface area contributed by atoms with Crippen molar-refractivity contribution in [1.82, 2.24) is 25.1 Å². The Morgan fingerprint density at radius 2 is 1.81 bits per heavy atom. The summed E-state index contributed by atoms with van der Waals surface area (Å²) in [5.41, 5.74) is 1.95. The number of carbonyl (C=O) groups excluding carboxylic acids is 1. The highest BCUT2D eigenvalue weighted by Gasteiger charge is 2.28. The largest absolute Gasteiger partial charge is 0.326 e. The van der Waals surface area contributed by atoms with Gasteiger partial charge in [0.1, 0.15) is 5.82 Å². The zero-order valence-corrected chi connectivity index (χ0v) is 18.4. The molecule has 0 saturated heterocycles. The van der Waals surface area contributed by atoms with Crippen LogP contribution in [0, 0.1) is 5.92 Å². The predicted molar refractivity (Wildman–Crippen MR) is 120 cm³/mol. The van der Waals surface area contributed by atoms with E-state index in [-0.39, 0.29) is 11.8 Å². The number of aromatic nitrogens is 5. The minimum absolute atomic E-state index is 0.00544. The van der Waals surface area contributed by atoms with E-state index >= 15 is 0 Å². The number of aromatic amines is 1. The molecule has 0 unspecified atom stereocenters. The summed E-state index contributed by atoms with van der Waals surface area (Å²) in [6.07, 6.45) is 4.68. The van der Waals surface area contributed by atoms with Crippen molar-refractivity contribution >= 4 is 35.1 Å². The first-order chi connectivity index (χ1) is 15.0. The number of hydrogen-bond acceptors (Lipinski definition) is 7. The highest BCUT2D eigenvalue weighted by Crippen LogP contribution is 2.41. The first kappa shape index (κ1) is 20.0. The summed E-state index contributed by atoms with van der Waals surface area (Å²) in [5, 5.41) is 14.2. The van der Waals surface area contributed by atoms with E-state index in [9.17, 15) is 4.79 Å². The molecular formula is C22H25N7OS. The molecule has 1 amide bonds. The lowest BCUT2D eigenvalue weighted by atomic mass is 10.2. The van der Waals surface area contributed by atoms with Crippen LogP contribution in [0.15, 0.2) is 40.4 Å². The van der Waals surface area contributed by atoms with Gasteiger partial charge in [-0.25, -0.2) is 4.98 Å². The smallest absolute Gasteiger partial charge is 0.232 e. The van der Waals surface area contributed by atoms with Gasteiger partial charge in [-0.3, -0.25) is 9.89 Å². The quantitative estimate of drug-likeness (QED) is 0.464. The third-order valence-corrected chi connectivity index (χ3v) is 6.16. The minimum atomic E-state index is -0.0547. The molecule has 0 aliphatic heterocycles. The van der Waals surface area contributed by atoms with Crippen molar-refractivity contribution in [3.63, 3.8) is 0 Å². The third kappa shape index (κ3) is 5.04. The second-order valence-corrected chi connectivity index (χ2v) is 9.49. The number of benzene rings is 1. The molecule has 0 radical (unpaired) electrons. The predicted octanol–water partition coefficient (Wildman–Crippen LogP) is 4.84. The van der Waals surface area contributed by atoms with E-state index in [0.717, 1.165) is 35.1 Å². The van der Waals surface area contributed by atoms with Crippen molar-refractivity contribution in [3.8, 4) is 0 Å². The monoisotopic (exact) mass is 435 g/mol. The van der Waals surface area contributed by atoms with E-state index in [2.05, 4.69) is 35.8 Å². The first-order valence-electron chi connectivity index (χ1n) is 10.7. The van der Waals surface area contributed by atoms with Crippen molar-refractivity contribution in [2.75, 3.05) is 10.6 Å². The molecule has 9 heteroatoms. The van der Waals surface area contributed by atoms with Gasteiger partial charge >= 0.3 is 0 Å². The maximum atomic E-state index is 11.9. The molecule has 3 N–H and O–H groups in total. The molecule has 5 rings (SSSR count). The van der Waals surface area contributed by atoms with Gasteiger partial charge in [-0.15, -0.1) is 0 Å². The standard InChI is InChI=1S/C22H25N7OS/c1-12(2)20(30)23-15-7-9-16(10-8-15)31-22-26-19(14-5-6-14)25-21(27-22)24-18-11-17(28-29-18)13-3-4-13/h7-14H,3-6H2,1-2H3,(H,23,30)(H2,24,25,26,27,28,29). The molecule has 1 aromatic carbocycles. The highest BCUT2D eigenvalue weighted by molar-refractivity contribution is 7.99. The van der Waals surface area contributed by atoms with Crippen LogP contribution in [0.5, 0.6) is 0 Å². The van der Waals surface area contributed by atoms with E-state index in [0.29, 0.717) is 22.9 Å². The normalized spacial score (nSPS) is 15.8. The molecular weight excluding hydrogens is 410 g/mol. The molecule has 160 valence electrons. The second-order valence-electron chi connectivity index (χ2n) is 8.45. The maximum absolute atomic E-state index is 11.9. The van der Waals surface area contributed by atoms with Crippen LogP contribution in [0.1, 0.15) is 62.9 Å². The topological polar surface area (TPSA) is 108 Å². The van der Waals surface area contributed by atoms with Crippen molar-refractivity contribution in [2.45, 2.75) is 61.4 Å². The Kier molecular flexibility index (Phi) is 5.35. The Labute approximate surface area is 185 Å². The molecule has 31 heavy (non-hydrogen) atoms. The summed E-state index contributed by atoms with van der Waals surface area (Å²) in [6.45, 7) is 3.75. The lowest BCUT2D eigenvalue weighted by Crippen LogP contribution is -2.17. The van der Waals surface area contributed by atoms with E-state index in [1.54, 1.807) is 0 Å². The van der Waals surface area contributed by atoms with Crippen LogP contribution in [0.25, 0.3) is 0 Å². The SMILES string of the molecule is CC(C)C(=O)Nc1ccc(Sc2nc(Nc3cc(C4CC4)[nH]n3)nc(C3CC3)n2)cc1. The van der Waals surface area contributed by atoms with Gasteiger partial charge in [-0.05, 0) is 61.7 Å². The number of amides is 1. The summed E-state index contributed by atoms with van der Waals surface area (Å²) in [6, 6.07) is 9.75. The van der Waals surface area contributed by atoms with Gasteiger partial charge in [-0.2, -0.15) is 15.1 Å². The molecule has 2 fully saturated rings. The molecule has 2 heterocycles. The Balaban J connectivity index is 1.31. The number of hydrogen-bond donors (Lipinski definition) is 3. The molecule has 2 aliphatic carbocycles. The van der Waals surface area contributed by atoms with Crippen molar-refractivity contribution in [1.29, 1.82) is 0 Å². The first-order valence-corrected chi connectivity index (χ1v) is 11.5. The Morgan fingerprint density at radius 1 is 1.06 bits per heavy atom. The third-order valence-electron chi connectivity index (χ3n) is 5.28. The summed E-state index contributed by atoms with van der Waals surface area (Å²) in [4.78, 5) is 26.8. The Morgan fingerprint density at radius 3 is 2.48 bits per heavy atom. The number of nitrogens with one attached hydrogen (secondary N) is 3. The average molecular weight is 436 g/mol. The van der Waals surface area contributed by atoms with Gasteiger partial charge in [0.2, 0.25) is 11.9 Å². The maximum Gasteiger partial charge on any atom is 0.232 e. The molecule has 0 atom stereocenters. The Hall–Kier alpha value is -2.94. The molecule has 2 saturated carbocycles. The van der Waals surface area contributed by atoms with Crippen LogP contribution in [0.2, 0.25) is 0 Å². The summed E-state index contributed by atoms with van der Waals surface area (Å²) < 4.78 is 0. The van der Waals surface area contributed by atoms with E-state index in [1.807, 2.05) is 44.2 Å². The summed E-state index contributed by atoms with van der Waals surface area (Å²) in [7, 11) is 0. The van der Waals surface area contributed by atoms with Crippen LogP contribution < -0.4 is 10.6 Å². The number of anilines is 3. The zero-order chi connectivity index (χ0) is 21.4.